The molecular weight excluding hydrogens is 360 g/mol. The summed E-state index contributed by atoms with van der Waals surface area (Å²) < 4.78 is 5.00. The molecule has 0 amide bonds. The van der Waals surface area contributed by atoms with Gasteiger partial charge in [-0.05, 0) is 38.0 Å². The highest BCUT2D eigenvalue weighted by Gasteiger charge is 2.23. The van der Waals surface area contributed by atoms with Crippen molar-refractivity contribution in [2.75, 3.05) is 18.6 Å². The largest absolute Gasteiger partial charge is 0.486 e. The molecule has 3 rings (SSSR count). The van der Waals surface area contributed by atoms with Gasteiger partial charge in [-0.3, -0.25) is 0 Å². The molecule has 0 saturated carbocycles. The van der Waals surface area contributed by atoms with Crippen LogP contribution in [-0.2, 0) is 16.6 Å². The summed E-state index contributed by atoms with van der Waals surface area (Å²) in [6.45, 7) is 11.7. The smallest absolute Gasteiger partial charge is 0.251 e. The number of benzene rings is 1. The summed E-state index contributed by atoms with van der Waals surface area (Å²) in [6, 6.07) is 4.57. The van der Waals surface area contributed by atoms with Gasteiger partial charge in [-0.15, -0.1) is 20.4 Å². The second-order valence-corrected chi connectivity index (χ2v) is 8.77. The normalized spacial score (nSPS) is 14.7. The Morgan fingerprint density at radius 3 is 2.59 bits per heavy atom. The molecule has 7 nitrogen and oxygen atoms in total. The van der Waals surface area contributed by atoms with Crippen LogP contribution in [0.2, 0.25) is 0 Å². The Morgan fingerprint density at radius 2 is 1.96 bits per heavy atom. The van der Waals surface area contributed by atoms with E-state index in [-0.39, 0.29) is 5.41 Å². The zero-order valence-corrected chi connectivity index (χ0v) is 17.5. The molecule has 8 heteroatoms. The Morgan fingerprint density at radius 1 is 1.19 bits per heavy atom. The molecule has 27 heavy (non-hydrogen) atoms. The summed E-state index contributed by atoms with van der Waals surface area (Å²) in [5, 5.41) is 18.6. The Balaban J connectivity index is 1.95. The number of ether oxygens (including phenoxy) is 1. The van der Waals surface area contributed by atoms with Crippen LogP contribution in [0.15, 0.2) is 27.4 Å². The van der Waals surface area contributed by atoms with Gasteiger partial charge in [0.05, 0.1) is 12.8 Å². The van der Waals surface area contributed by atoms with Crippen LogP contribution >= 0.6 is 11.3 Å². The standard InChI is InChI=1S/C19H26N6OS/c1-12(2)25-8-7-13-9-15(14(10-16(13)25)20-11-26-6)21-23-18-24-22-17(27-18)19(3,4)5/h9-12H,7-8H2,1-6H3. The molecule has 0 atom stereocenters. The van der Waals surface area contributed by atoms with Gasteiger partial charge in [0.25, 0.3) is 5.13 Å². The van der Waals surface area contributed by atoms with Gasteiger partial charge in [-0.1, -0.05) is 32.1 Å². The van der Waals surface area contributed by atoms with Gasteiger partial charge in [-0.25, -0.2) is 4.99 Å². The molecule has 0 fully saturated rings. The van der Waals surface area contributed by atoms with Gasteiger partial charge in [0.1, 0.15) is 10.7 Å². The van der Waals surface area contributed by atoms with Crippen LogP contribution in [-0.4, -0.2) is 36.3 Å². The van der Waals surface area contributed by atoms with E-state index < -0.39 is 0 Å². The minimum absolute atomic E-state index is 0.0484. The molecule has 0 aliphatic carbocycles. The minimum atomic E-state index is -0.0484. The fourth-order valence-electron chi connectivity index (χ4n) is 2.92. The fourth-order valence-corrected chi connectivity index (χ4v) is 3.65. The van der Waals surface area contributed by atoms with E-state index in [0.717, 1.165) is 23.7 Å². The van der Waals surface area contributed by atoms with Crippen molar-refractivity contribution in [3.8, 4) is 0 Å². The average Bonchev–Trinajstić information content (AvgIpc) is 3.23. The molecule has 0 radical (unpaired) electrons. The lowest BCUT2D eigenvalue weighted by Gasteiger charge is -2.24. The number of hydrogen-bond acceptors (Lipinski definition) is 8. The van der Waals surface area contributed by atoms with Crippen molar-refractivity contribution >= 4 is 39.9 Å². The maximum atomic E-state index is 5.00. The van der Waals surface area contributed by atoms with Crippen LogP contribution in [0.25, 0.3) is 0 Å². The third-order valence-corrected chi connectivity index (χ3v) is 5.56. The van der Waals surface area contributed by atoms with E-state index in [9.17, 15) is 0 Å². The van der Waals surface area contributed by atoms with Crippen molar-refractivity contribution in [1.82, 2.24) is 10.2 Å². The van der Waals surface area contributed by atoms with Crippen molar-refractivity contribution in [3.63, 3.8) is 0 Å². The third kappa shape index (κ3) is 4.32. The number of anilines is 1. The van der Waals surface area contributed by atoms with Gasteiger partial charge in [-0.2, -0.15) is 0 Å². The number of methoxy groups -OCH3 is 1. The van der Waals surface area contributed by atoms with Gasteiger partial charge in [0.2, 0.25) is 0 Å². The topological polar surface area (TPSA) is 75.3 Å². The summed E-state index contributed by atoms with van der Waals surface area (Å²) in [4.78, 5) is 6.77. The monoisotopic (exact) mass is 386 g/mol. The summed E-state index contributed by atoms with van der Waals surface area (Å²) in [5.41, 5.74) is 3.86. The number of nitrogens with zero attached hydrogens (tertiary/aromatic N) is 6. The molecule has 1 aromatic heterocycles. The molecule has 0 N–H and O–H groups in total. The lowest BCUT2D eigenvalue weighted by Crippen LogP contribution is -2.28. The molecule has 144 valence electrons. The minimum Gasteiger partial charge on any atom is -0.486 e. The SMILES string of the molecule is COC=Nc1cc2c(cc1N=Nc1nnc(C(C)(C)C)s1)CCN2C(C)C. The fraction of sp³-hybridized carbons (Fsp3) is 0.526. The Kier molecular flexibility index (Phi) is 5.55. The Bertz CT molecular complexity index is 866. The molecule has 1 aliphatic heterocycles. The van der Waals surface area contributed by atoms with Crippen LogP contribution in [0.4, 0.5) is 22.2 Å². The van der Waals surface area contributed by atoms with Crippen LogP contribution < -0.4 is 4.90 Å². The quantitative estimate of drug-likeness (QED) is 0.395. The number of azo groups is 1. The van der Waals surface area contributed by atoms with Crippen molar-refractivity contribution in [3.05, 3.63) is 22.7 Å². The molecule has 0 spiro atoms. The second kappa shape index (κ2) is 7.72. The van der Waals surface area contributed by atoms with Crippen LogP contribution in [0.1, 0.15) is 45.2 Å². The lowest BCUT2D eigenvalue weighted by molar-refractivity contribution is 0.423. The molecule has 0 saturated heterocycles. The number of rotatable bonds is 5. The predicted molar refractivity (Wildman–Crippen MR) is 111 cm³/mol. The highest BCUT2D eigenvalue weighted by molar-refractivity contribution is 7.15. The summed E-state index contributed by atoms with van der Waals surface area (Å²) in [6.07, 6.45) is 2.41. The number of aromatic nitrogens is 2. The highest BCUT2D eigenvalue weighted by Crippen LogP contribution is 2.40. The first-order valence-electron chi connectivity index (χ1n) is 9.04. The maximum Gasteiger partial charge on any atom is 0.251 e. The first kappa shape index (κ1) is 19.4. The van der Waals surface area contributed by atoms with E-state index in [1.165, 1.54) is 29.0 Å². The Labute approximate surface area is 164 Å². The van der Waals surface area contributed by atoms with Crippen LogP contribution in [0.3, 0.4) is 0 Å². The van der Waals surface area contributed by atoms with Crippen molar-refractivity contribution in [2.45, 2.75) is 52.5 Å². The van der Waals surface area contributed by atoms with Crippen molar-refractivity contribution in [1.29, 1.82) is 0 Å². The molecule has 2 aromatic rings. The predicted octanol–water partition coefficient (Wildman–Crippen LogP) is 5.33. The van der Waals surface area contributed by atoms with Gasteiger partial charge < -0.3 is 9.64 Å². The van der Waals surface area contributed by atoms with E-state index in [1.54, 1.807) is 7.11 Å². The third-order valence-electron chi connectivity index (χ3n) is 4.33. The zero-order valence-electron chi connectivity index (χ0n) is 16.7. The first-order chi connectivity index (χ1) is 12.8. The molecule has 1 aromatic carbocycles. The van der Waals surface area contributed by atoms with E-state index >= 15 is 0 Å². The van der Waals surface area contributed by atoms with E-state index in [1.807, 2.05) is 0 Å². The highest BCUT2D eigenvalue weighted by atomic mass is 32.1. The van der Waals surface area contributed by atoms with E-state index in [0.29, 0.717) is 16.9 Å². The first-order valence-corrected chi connectivity index (χ1v) is 9.86. The number of hydrogen-bond donors (Lipinski definition) is 0. The van der Waals surface area contributed by atoms with Gasteiger partial charge in [0, 0.05) is 23.7 Å². The second-order valence-electron chi connectivity index (χ2n) is 7.82. The van der Waals surface area contributed by atoms with E-state index in [4.69, 9.17) is 4.74 Å². The van der Waals surface area contributed by atoms with Crippen LogP contribution in [0.5, 0.6) is 0 Å². The van der Waals surface area contributed by atoms with Gasteiger partial charge in [0.15, 0.2) is 6.40 Å². The lowest BCUT2D eigenvalue weighted by atomic mass is 9.98. The summed E-state index contributed by atoms with van der Waals surface area (Å²) in [7, 11) is 1.58. The maximum absolute atomic E-state index is 5.00. The van der Waals surface area contributed by atoms with Crippen molar-refractivity contribution < 1.29 is 4.74 Å². The summed E-state index contributed by atoms with van der Waals surface area (Å²) in [5.74, 6) is 0. The molecule has 1 aliphatic rings. The number of aliphatic imine (C=N–C) groups is 1. The average molecular weight is 387 g/mol. The van der Waals surface area contributed by atoms with Crippen molar-refractivity contribution in [2.24, 2.45) is 15.2 Å². The summed E-state index contributed by atoms with van der Waals surface area (Å²) >= 11 is 1.46. The number of fused-ring (bicyclic) bond motifs is 1. The zero-order chi connectivity index (χ0) is 19.6. The van der Waals surface area contributed by atoms with Gasteiger partial charge >= 0.3 is 0 Å². The van der Waals surface area contributed by atoms with E-state index in [2.05, 4.69) is 77.1 Å². The Hall–Kier alpha value is -2.35. The molecule has 0 bridgehead atoms. The molecule has 2 heterocycles. The van der Waals surface area contributed by atoms with Crippen LogP contribution in [0, 0.1) is 0 Å². The molecular formula is C19H26N6OS. The molecule has 0 unspecified atom stereocenters.